The first-order valence-electron chi connectivity index (χ1n) is 6.13. The average Bonchev–Trinajstić information content (AvgIpc) is 2.83. The van der Waals surface area contributed by atoms with Crippen LogP contribution in [0.1, 0.15) is 12.5 Å². The highest BCUT2D eigenvalue weighted by Crippen LogP contribution is 2.35. The van der Waals surface area contributed by atoms with Crippen molar-refractivity contribution >= 4 is 16.7 Å². The lowest BCUT2D eigenvalue weighted by atomic mass is 10.0. The normalized spacial score (nSPS) is 17.3. The maximum atomic E-state index is 11.7. The van der Waals surface area contributed by atoms with Crippen molar-refractivity contribution < 1.29 is 14.3 Å². The van der Waals surface area contributed by atoms with Crippen molar-refractivity contribution in [3.05, 3.63) is 42.0 Å². The lowest BCUT2D eigenvalue weighted by Crippen LogP contribution is -2.27. The molecule has 3 rings (SSSR count). The molecule has 1 atom stereocenters. The van der Waals surface area contributed by atoms with Crippen LogP contribution >= 0.6 is 0 Å². The van der Waals surface area contributed by atoms with E-state index in [1.54, 1.807) is 6.92 Å². The molecule has 0 spiro atoms. The molecule has 2 aromatic rings. The minimum Gasteiger partial charge on any atom is -0.478 e. The highest BCUT2D eigenvalue weighted by atomic mass is 16.6. The van der Waals surface area contributed by atoms with E-state index in [4.69, 9.17) is 9.47 Å². The summed E-state index contributed by atoms with van der Waals surface area (Å²) in [6.07, 6.45) is 0.0981. The summed E-state index contributed by atoms with van der Waals surface area (Å²) < 4.78 is 10.7. The van der Waals surface area contributed by atoms with Gasteiger partial charge in [-0.15, -0.1) is 0 Å². The van der Waals surface area contributed by atoms with Gasteiger partial charge in [-0.2, -0.15) is 0 Å². The summed E-state index contributed by atoms with van der Waals surface area (Å²) >= 11 is 0. The molecule has 0 N–H and O–H groups in total. The summed E-state index contributed by atoms with van der Waals surface area (Å²) in [6, 6.07) is 12.1. The van der Waals surface area contributed by atoms with Crippen molar-refractivity contribution in [1.29, 1.82) is 0 Å². The molecule has 1 aliphatic heterocycles. The zero-order chi connectivity index (χ0) is 12.5. The number of benzene rings is 2. The Morgan fingerprint density at radius 2 is 2.17 bits per heavy atom. The number of hydrogen-bond donors (Lipinski definition) is 0. The van der Waals surface area contributed by atoms with Gasteiger partial charge in [-0.3, -0.25) is 0 Å². The highest BCUT2D eigenvalue weighted by Gasteiger charge is 2.31. The zero-order valence-corrected chi connectivity index (χ0v) is 10.2. The maximum absolute atomic E-state index is 11.7. The first kappa shape index (κ1) is 11.1. The van der Waals surface area contributed by atoms with Crippen molar-refractivity contribution in [1.82, 2.24) is 0 Å². The lowest BCUT2D eigenvalue weighted by Gasteiger charge is -2.08. The van der Waals surface area contributed by atoms with Crippen molar-refractivity contribution in [3.63, 3.8) is 0 Å². The Balaban J connectivity index is 1.98. The molecule has 18 heavy (non-hydrogen) atoms. The Morgan fingerprint density at radius 3 is 3.00 bits per heavy atom. The molecule has 1 aliphatic rings. The summed E-state index contributed by atoms with van der Waals surface area (Å²) in [5, 5.41) is 2.33. The minimum atomic E-state index is -0.495. The van der Waals surface area contributed by atoms with E-state index in [1.807, 2.05) is 24.3 Å². The van der Waals surface area contributed by atoms with E-state index in [9.17, 15) is 4.79 Å². The molecule has 0 fully saturated rings. The van der Waals surface area contributed by atoms with Crippen LogP contribution in [0.3, 0.4) is 0 Å². The predicted octanol–water partition coefficient (Wildman–Crippen LogP) is 2.71. The molecule has 3 nitrogen and oxygen atoms in total. The topological polar surface area (TPSA) is 35.5 Å². The number of rotatable bonds is 2. The van der Waals surface area contributed by atoms with E-state index < -0.39 is 6.10 Å². The third kappa shape index (κ3) is 1.72. The zero-order valence-electron chi connectivity index (χ0n) is 10.2. The number of fused-ring (bicyclic) bond motifs is 3. The van der Waals surface area contributed by atoms with Crippen LogP contribution in [0.25, 0.3) is 10.8 Å². The van der Waals surface area contributed by atoms with Crippen LogP contribution in [0, 0.1) is 0 Å². The number of ether oxygens (including phenoxy) is 2. The second-order valence-electron chi connectivity index (χ2n) is 4.33. The van der Waals surface area contributed by atoms with Crippen LogP contribution < -0.4 is 4.74 Å². The molecule has 2 aromatic carbocycles. The SMILES string of the molecule is CCOC(=O)C1Cc2c(ccc3ccccc23)O1. The predicted molar refractivity (Wildman–Crippen MR) is 68.7 cm³/mol. The number of hydrogen-bond acceptors (Lipinski definition) is 3. The summed E-state index contributed by atoms with van der Waals surface area (Å²) in [7, 11) is 0. The fourth-order valence-corrected chi connectivity index (χ4v) is 2.38. The van der Waals surface area contributed by atoms with Gasteiger partial charge in [-0.25, -0.2) is 4.79 Å². The van der Waals surface area contributed by atoms with Gasteiger partial charge in [0.15, 0.2) is 6.10 Å². The Labute approximate surface area is 105 Å². The molecule has 3 heteroatoms. The van der Waals surface area contributed by atoms with E-state index in [1.165, 1.54) is 5.39 Å². The van der Waals surface area contributed by atoms with Gasteiger partial charge in [0.25, 0.3) is 0 Å². The number of carbonyl (C=O) groups excluding carboxylic acids is 1. The quantitative estimate of drug-likeness (QED) is 0.759. The second kappa shape index (κ2) is 4.33. The monoisotopic (exact) mass is 242 g/mol. The summed E-state index contributed by atoms with van der Waals surface area (Å²) in [5.74, 6) is 0.518. The highest BCUT2D eigenvalue weighted by molar-refractivity contribution is 5.90. The molecule has 0 saturated heterocycles. The maximum Gasteiger partial charge on any atom is 0.347 e. The Bertz CT molecular complexity index is 604. The van der Waals surface area contributed by atoms with Gasteiger partial charge >= 0.3 is 5.97 Å². The molecular weight excluding hydrogens is 228 g/mol. The second-order valence-corrected chi connectivity index (χ2v) is 4.33. The van der Waals surface area contributed by atoms with Gasteiger partial charge < -0.3 is 9.47 Å². The van der Waals surface area contributed by atoms with E-state index in [-0.39, 0.29) is 5.97 Å². The van der Waals surface area contributed by atoms with E-state index in [0.717, 1.165) is 16.7 Å². The first-order chi connectivity index (χ1) is 8.79. The van der Waals surface area contributed by atoms with Crippen LogP contribution in [-0.2, 0) is 16.0 Å². The molecule has 0 bridgehead atoms. The summed E-state index contributed by atoms with van der Waals surface area (Å²) in [6.45, 7) is 2.19. The fraction of sp³-hybridized carbons (Fsp3) is 0.267. The molecule has 1 heterocycles. The summed E-state index contributed by atoms with van der Waals surface area (Å²) in [4.78, 5) is 11.7. The lowest BCUT2D eigenvalue weighted by molar-refractivity contribution is -0.150. The van der Waals surface area contributed by atoms with Gasteiger partial charge in [0, 0.05) is 12.0 Å². The Hall–Kier alpha value is -2.03. The van der Waals surface area contributed by atoms with Crippen molar-refractivity contribution in [2.45, 2.75) is 19.4 Å². The fourth-order valence-electron chi connectivity index (χ4n) is 2.38. The van der Waals surface area contributed by atoms with Crippen LogP contribution in [0.15, 0.2) is 36.4 Å². The van der Waals surface area contributed by atoms with Gasteiger partial charge in [0.05, 0.1) is 6.61 Å². The van der Waals surface area contributed by atoms with Gasteiger partial charge in [0.2, 0.25) is 0 Å². The molecule has 0 radical (unpaired) electrons. The van der Waals surface area contributed by atoms with Crippen molar-refractivity contribution in [2.75, 3.05) is 6.61 Å². The molecule has 1 unspecified atom stereocenters. The van der Waals surface area contributed by atoms with Crippen LogP contribution in [0.5, 0.6) is 5.75 Å². The molecule has 0 saturated carbocycles. The van der Waals surface area contributed by atoms with Gasteiger partial charge in [-0.05, 0) is 23.8 Å². The van der Waals surface area contributed by atoms with Crippen molar-refractivity contribution in [3.8, 4) is 5.75 Å². The van der Waals surface area contributed by atoms with E-state index >= 15 is 0 Å². The first-order valence-corrected chi connectivity index (χ1v) is 6.13. The molecule has 92 valence electrons. The Morgan fingerprint density at radius 1 is 1.33 bits per heavy atom. The third-order valence-electron chi connectivity index (χ3n) is 3.21. The average molecular weight is 242 g/mol. The smallest absolute Gasteiger partial charge is 0.347 e. The van der Waals surface area contributed by atoms with Crippen LogP contribution in [0.4, 0.5) is 0 Å². The molecule has 0 aromatic heterocycles. The third-order valence-corrected chi connectivity index (χ3v) is 3.21. The molecule has 0 amide bonds. The van der Waals surface area contributed by atoms with Crippen molar-refractivity contribution in [2.24, 2.45) is 0 Å². The van der Waals surface area contributed by atoms with Crippen LogP contribution in [0.2, 0.25) is 0 Å². The Kier molecular flexibility index (Phi) is 2.67. The van der Waals surface area contributed by atoms with Crippen LogP contribution in [-0.4, -0.2) is 18.7 Å². The summed E-state index contributed by atoms with van der Waals surface area (Å²) in [5.41, 5.74) is 1.10. The largest absolute Gasteiger partial charge is 0.478 e. The van der Waals surface area contributed by atoms with Gasteiger partial charge in [0.1, 0.15) is 5.75 Å². The molecule has 0 aliphatic carbocycles. The number of carbonyl (C=O) groups is 1. The van der Waals surface area contributed by atoms with E-state index in [0.29, 0.717) is 13.0 Å². The minimum absolute atomic E-state index is 0.280. The van der Waals surface area contributed by atoms with E-state index in [2.05, 4.69) is 12.1 Å². The van der Waals surface area contributed by atoms with Gasteiger partial charge in [-0.1, -0.05) is 30.3 Å². The standard InChI is InChI=1S/C15H14O3/c1-2-17-15(16)14-9-12-11-6-4-3-5-10(11)7-8-13(12)18-14/h3-8,14H,2,9H2,1H3. The number of esters is 1. The molecular formula is C15H14O3.